The van der Waals surface area contributed by atoms with Gasteiger partial charge in [0.1, 0.15) is 0 Å². The molecule has 2 rings (SSSR count). The van der Waals surface area contributed by atoms with Crippen molar-refractivity contribution in [1.82, 2.24) is 14.5 Å². The van der Waals surface area contributed by atoms with Gasteiger partial charge >= 0.3 is 6.18 Å². The molecule has 1 N–H and O–H groups in total. The minimum atomic E-state index is -4.84. The fourth-order valence-corrected chi connectivity index (χ4v) is 4.58. The van der Waals surface area contributed by atoms with E-state index in [4.69, 9.17) is 11.6 Å². The van der Waals surface area contributed by atoms with Crippen LogP contribution in [0.15, 0.2) is 23.1 Å². The van der Waals surface area contributed by atoms with Crippen LogP contribution in [0.1, 0.15) is 19.4 Å². The molecule has 1 aromatic carbocycles. The van der Waals surface area contributed by atoms with Crippen LogP contribution in [0.3, 0.4) is 0 Å². The fraction of sp³-hybridized carbons (Fsp3) is 0.588. The minimum absolute atomic E-state index is 0.000280. The van der Waals surface area contributed by atoms with Crippen molar-refractivity contribution in [3.8, 4) is 0 Å². The molecule has 1 aliphatic rings. The maximum atomic E-state index is 13.3. The highest BCUT2D eigenvalue weighted by atomic mass is 35.5. The van der Waals surface area contributed by atoms with E-state index < -0.39 is 26.7 Å². The summed E-state index contributed by atoms with van der Waals surface area (Å²) in [6.07, 6.45) is -4.84. The molecule has 28 heavy (non-hydrogen) atoms. The van der Waals surface area contributed by atoms with Crippen LogP contribution in [-0.4, -0.2) is 62.8 Å². The second kappa shape index (κ2) is 8.98. The number of hydrogen-bond acceptors (Lipinski definition) is 4. The van der Waals surface area contributed by atoms with Crippen LogP contribution in [-0.2, 0) is 21.0 Å². The summed E-state index contributed by atoms with van der Waals surface area (Å²) in [6, 6.07) is 2.62. The molecule has 0 unspecified atom stereocenters. The normalized spacial score (nSPS) is 17.1. The zero-order valence-electron chi connectivity index (χ0n) is 15.6. The first kappa shape index (κ1) is 22.9. The number of nitrogens with zero attached hydrogens (tertiary/aromatic N) is 2. The third-order valence-corrected chi connectivity index (χ3v) is 6.46. The van der Waals surface area contributed by atoms with Gasteiger partial charge in [-0.1, -0.05) is 25.4 Å². The number of alkyl halides is 3. The van der Waals surface area contributed by atoms with Crippen LogP contribution in [0.2, 0.25) is 5.02 Å². The second-order valence-corrected chi connectivity index (χ2v) is 9.36. The van der Waals surface area contributed by atoms with Crippen molar-refractivity contribution in [2.45, 2.75) is 24.9 Å². The van der Waals surface area contributed by atoms with Gasteiger partial charge in [-0.05, 0) is 24.1 Å². The largest absolute Gasteiger partial charge is 0.417 e. The van der Waals surface area contributed by atoms with E-state index in [0.717, 1.165) is 16.4 Å². The quantitative estimate of drug-likeness (QED) is 0.736. The Morgan fingerprint density at radius 2 is 1.82 bits per heavy atom. The Labute approximate surface area is 167 Å². The van der Waals surface area contributed by atoms with Crippen LogP contribution in [0, 0.1) is 5.92 Å². The van der Waals surface area contributed by atoms with Gasteiger partial charge in [-0.3, -0.25) is 9.69 Å². The summed E-state index contributed by atoms with van der Waals surface area (Å²) >= 11 is 5.62. The fourth-order valence-electron chi connectivity index (χ4n) is 2.79. The number of halogens is 4. The van der Waals surface area contributed by atoms with E-state index >= 15 is 0 Å². The summed E-state index contributed by atoms with van der Waals surface area (Å²) in [5.41, 5.74) is -1.28. The number of hydrogen-bond donors (Lipinski definition) is 1. The molecule has 1 saturated heterocycles. The molecule has 0 atom stereocenters. The number of benzene rings is 1. The van der Waals surface area contributed by atoms with Crippen LogP contribution in [0.25, 0.3) is 0 Å². The highest BCUT2D eigenvalue weighted by Crippen LogP contribution is 2.37. The number of sulfonamides is 1. The van der Waals surface area contributed by atoms with Gasteiger partial charge in [0.15, 0.2) is 0 Å². The Bertz CT molecular complexity index is 808. The van der Waals surface area contributed by atoms with Crippen LogP contribution in [0.4, 0.5) is 13.2 Å². The maximum Gasteiger partial charge on any atom is 0.417 e. The number of carbonyl (C=O) groups excluding carboxylic acids is 1. The smallest absolute Gasteiger partial charge is 0.355 e. The molecule has 0 bridgehead atoms. The van der Waals surface area contributed by atoms with Gasteiger partial charge in [-0.2, -0.15) is 17.5 Å². The molecule has 1 heterocycles. The Morgan fingerprint density at radius 1 is 1.21 bits per heavy atom. The summed E-state index contributed by atoms with van der Waals surface area (Å²) in [7, 11) is -4.34. The molecule has 1 fully saturated rings. The average molecular weight is 442 g/mol. The number of carbonyl (C=O) groups is 1. The lowest BCUT2D eigenvalue weighted by molar-refractivity contribution is -0.140. The lowest BCUT2D eigenvalue weighted by atomic mass is 10.2. The molecule has 0 spiro atoms. The first-order valence-electron chi connectivity index (χ1n) is 8.77. The van der Waals surface area contributed by atoms with Gasteiger partial charge in [-0.15, -0.1) is 0 Å². The first-order chi connectivity index (χ1) is 12.9. The molecular formula is C17H23ClF3N3O3S. The van der Waals surface area contributed by atoms with Crippen molar-refractivity contribution < 1.29 is 26.4 Å². The van der Waals surface area contributed by atoms with Gasteiger partial charge in [0.05, 0.1) is 17.0 Å². The summed E-state index contributed by atoms with van der Waals surface area (Å²) in [5, 5.41) is 2.58. The highest BCUT2D eigenvalue weighted by molar-refractivity contribution is 7.89. The van der Waals surface area contributed by atoms with E-state index in [9.17, 15) is 26.4 Å². The topological polar surface area (TPSA) is 69.7 Å². The predicted molar refractivity (Wildman–Crippen MR) is 99.5 cm³/mol. The van der Waals surface area contributed by atoms with Gasteiger partial charge < -0.3 is 5.32 Å². The van der Waals surface area contributed by atoms with Crippen LogP contribution in [0.5, 0.6) is 0 Å². The molecule has 0 radical (unpaired) electrons. The Morgan fingerprint density at radius 3 is 2.36 bits per heavy atom. The lowest BCUT2D eigenvalue weighted by Crippen LogP contribution is -2.51. The van der Waals surface area contributed by atoms with E-state index in [0.29, 0.717) is 18.5 Å². The zero-order valence-corrected chi connectivity index (χ0v) is 17.2. The van der Waals surface area contributed by atoms with E-state index in [1.165, 1.54) is 0 Å². The summed E-state index contributed by atoms with van der Waals surface area (Å²) in [6.45, 7) is 5.11. The monoisotopic (exact) mass is 441 g/mol. The molecule has 0 aromatic heterocycles. The number of nitrogens with one attached hydrogen (secondary N) is 1. The number of amides is 1. The molecule has 0 aliphatic carbocycles. The SMILES string of the molecule is CC(C)CNC(=O)CN1CCN(S(=O)(=O)c2ccc(Cl)cc2C(F)(F)F)CC1. The lowest BCUT2D eigenvalue weighted by Gasteiger charge is -2.34. The average Bonchev–Trinajstić information content (AvgIpc) is 2.59. The summed E-state index contributed by atoms with van der Waals surface area (Å²) in [5.74, 6) is 0.148. The Balaban J connectivity index is 2.07. The van der Waals surface area contributed by atoms with Crippen molar-refractivity contribution in [3.05, 3.63) is 28.8 Å². The van der Waals surface area contributed by atoms with Crippen molar-refractivity contribution in [3.63, 3.8) is 0 Å². The van der Waals surface area contributed by atoms with Gasteiger partial charge in [0.25, 0.3) is 0 Å². The molecule has 0 saturated carbocycles. The standard InChI is InChI=1S/C17H23ClF3N3O3S/c1-12(2)10-22-16(25)11-23-5-7-24(8-6-23)28(26,27)15-4-3-13(18)9-14(15)17(19,20)21/h3-4,9,12H,5-8,10-11H2,1-2H3,(H,22,25). The van der Waals surface area contributed by atoms with Crippen molar-refractivity contribution >= 4 is 27.5 Å². The Hall–Kier alpha value is -1.36. The summed E-state index contributed by atoms with van der Waals surface area (Å²) in [4.78, 5) is 12.8. The molecule has 1 aliphatic heterocycles. The molecule has 158 valence electrons. The van der Waals surface area contributed by atoms with E-state index in [1.54, 1.807) is 4.90 Å². The molecular weight excluding hydrogens is 419 g/mol. The van der Waals surface area contributed by atoms with Gasteiger partial charge in [0.2, 0.25) is 15.9 Å². The van der Waals surface area contributed by atoms with Gasteiger partial charge in [-0.25, -0.2) is 8.42 Å². The Kier molecular flexibility index (Phi) is 7.35. The third-order valence-electron chi connectivity index (χ3n) is 4.27. The molecule has 1 amide bonds. The molecule has 11 heteroatoms. The van der Waals surface area contributed by atoms with Crippen molar-refractivity contribution in [1.29, 1.82) is 0 Å². The van der Waals surface area contributed by atoms with Crippen LogP contribution < -0.4 is 5.32 Å². The first-order valence-corrected chi connectivity index (χ1v) is 10.6. The second-order valence-electron chi connectivity index (χ2n) is 7.02. The molecule has 6 nitrogen and oxygen atoms in total. The third kappa shape index (κ3) is 5.82. The van der Waals surface area contributed by atoms with E-state index in [-0.39, 0.29) is 43.7 Å². The maximum absolute atomic E-state index is 13.3. The zero-order chi connectivity index (χ0) is 21.1. The highest BCUT2D eigenvalue weighted by Gasteiger charge is 2.40. The summed E-state index contributed by atoms with van der Waals surface area (Å²) < 4.78 is 66.3. The van der Waals surface area contributed by atoms with E-state index in [1.807, 2.05) is 13.8 Å². The van der Waals surface area contributed by atoms with Crippen LogP contribution >= 0.6 is 11.6 Å². The van der Waals surface area contributed by atoms with E-state index in [2.05, 4.69) is 5.32 Å². The van der Waals surface area contributed by atoms with Gasteiger partial charge in [0, 0.05) is 37.7 Å². The number of piperazine rings is 1. The predicted octanol–water partition coefficient (Wildman–Crippen LogP) is 2.44. The number of rotatable bonds is 6. The van der Waals surface area contributed by atoms with Crippen molar-refractivity contribution in [2.75, 3.05) is 39.3 Å². The minimum Gasteiger partial charge on any atom is -0.355 e. The van der Waals surface area contributed by atoms with Crippen molar-refractivity contribution in [2.24, 2.45) is 5.92 Å². The molecule has 1 aromatic rings.